The van der Waals surface area contributed by atoms with Gasteiger partial charge in [-0.3, -0.25) is 0 Å². The van der Waals surface area contributed by atoms with Crippen LogP contribution in [0.25, 0.3) is 16.8 Å². The molecule has 0 bridgehead atoms. The van der Waals surface area contributed by atoms with Gasteiger partial charge >= 0.3 is 12.2 Å². The topological polar surface area (TPSA) is 93.1 Å². The van der Waals surface area contributed by atoms with Crippen LogP contribution in [0.3, 0.4) is 0 Å². The summed E-state index contributed by atoms with van der Waals surface area (Å²) in [6, 6.07) is 15.3. The fourth-order valence-corrected chi connectivity index (χ4v) is 4.92. The number of aromatic nitrogens is 2. The Labute approximate surface area is 248 Å². The summed E-state index contributed by atoms with van der Waals surface area (Å²) >= 11 is 0. The van der Waals surface area contributed by atoms with Gasteiger partial charge in [0.25, 0.3) is 10.0 Å². The molecule has 0 atom stereocenters. The minimum Gasteiger partial charge on any atom is -0.337 e. The maximum absolute atomic E-state index is 13.8. The summed E-state index contributed by atoms with van der Waals surface area (Å²) in [5.41, 5.74) is 0.758. The Morgan fingerprint density at radius 2 is 1.62 bits per heavy atom. The summed E-state index contributed by atoms with van der Waals surface area (Å²) < 4.78 is 95.3. The molecule has 0 saturated carbocycles. The van der Waals surface area contributed by atoms with Crippen molar-refractivity contribution in [1.29, 1.82) is 0 Å². The van der Waals surface area contributed by atoms with Gasteiger partial charge in [-0.2, -0.15) is 18.3 Å². The Kier molecular flexibility index (Phi) is 9.77. The second-order valence-electron chi connectivity index (χ2n) is 8.44. The molecule has 205 valence electrons. The van der Waals surface area contributed by atoms with E-state index in [0.717, 1.165) is 6.07 Å². The van der Waals surface area contributed by atoms with Crippen LogP contribution < -0.4 is 10.0 Å². The maximum atomic E-state index is 13.8. The number of sulfonamides is 1. The number of carbonyl (C=O) groups is 1. The van der Waals surface area contributed by atoms with E-state index in [2.05, 4.69) is 10.4 Å². The number of urea groups is 1. The number of rotatable bonds is 7. The third-order valence-corrected chi connectivity index (χ3v) is 7.10. The number of carbonyl (C=O) groups excluding carboxylic acids is 1. The summed E-state index contributed by atoms with van der Waals surface area (Å²) in [7, 11) is -4.57. The van der Waals surface area contributed by atoms with Gasteiger partial charge in [0.1, 0.15) is 16.5 Å². The molecule has 0 saturated heterocycles. The van der Waals surface area contributed by atoms with E-state index in [9.17, 15) is 35.2 Å². The predicted molar refractivity (Wildman–Crippen MR) is 138 cm³/mol. The zero-order valence-electron chi connectivity index (χ0n) is 21.3. The zero-order valence-corrected chi connectivity index (χ0v) is 24.1. The van der Waals surface area contributed by atoms with E-state index in [-0.39, 0.29) is 48.1 Å². The third kappa shape index (κ3) is 7.08. The van der Waals surface area contributed by atoms with Crippen LogP contribution in [0.15, 0.2) is 77.7 Å². The molecule has 1 heterocycles. The van der Waals surface area contributed by atoms with Crippen molar-refractivity contribution in [2.24, 2.45) is 0 Å². The number of amides is 2. The smallest absolute Gasteiger partial charge is 0.337 e. The number of benzene rings is 3. The SMILES string of the molecule is Cc1c(-c2ccccc2)c(C(F)(F)F)nn1-c1ccc(CCNC(=O)NS(=O)(=O)c2ccc(F)cc2F)cc1.[Na]. The molecule has 1 aromatic heterocycles. The second-order valence-corrected chi connectivity index (χ2v) is 10.1. The molecule has 2 N–H and O–H groups in total. The van der Waals surface area contributed by atoms with Gasteiger partial charge in [0.15, 0.2) is 5.69 Å². The average molecular weight is 588 g/mol. The Balaban J connectivity index is 0.00000441. The van der Waals surface area contributed by atoms with Crippen LogP contribution in [-0.4, -0.2) is 60.3 Å². The number of hydrogen-bond acceptors (Lipinski definition) is 4. The van der Waals surface area contributed by atoms with E-state index in [1.807, 2.05) is 0 Å². The van der Waals surface area contributed by atoms with Crippen molar-refractivity contribution >= 4 is 45.6 Å². The normalized spacial score (nSPS) is 11.6. The molecule has 0 unspecified atom stereocenters. The molecule has 1 radical (unpaired) electrons. The first kappa shape index (κ1) is 31.3. The summed E-state index contributed by atoms with van der Waals surface area (Å²) in [6.45, 7) is 1.54. The monoisotopic (exact) mass is 587 g/mol. The molecule has 4 rings (SSSR count). The van der Waals surface area contributed by atoms with Crippen LogP contribution in [0.2, 0.25) is 0 Å². The van der Waals surface area contributed by atoms with E-state index in [0.29, 0.717) is 34.6 Å². The standard InChI is InChI=1S/C26H21F5N4O3S.Na/c1-16-23(18-5-3-2-4-6-18)24(26(29,30)31)33-35(16)20-10-7-17(8-11-20)13-14-32-25(36)34-39(37,38)22-12-9-19(27)15-21(22)28;/h2-12,15H,13-14H2,1H3,(H2,32,34,36);. The van der Waals surface area contributed by atoms with Crippen molar-refractivity contribution in [3.05, 3.63) is 101 Å². The van der Waals surface area contributed by atoms with Gasteiger partial charge in [-0.15, -0.1) is 0 Å². The quantitative estimate of drug-likeness (QED) is 0.235. The molecule has 0 fully saturated rings. The van der Waals surface area contributed by atoms with Gasteiger partial charge in [-0.05, 0) is 48.7 Å². The number of hydrogen-bond donors (Lipinski definition) is 2. The molecule has 40 heavy (non-hydrogen) atoms. The Morgan fingerprint density at radius 3 is 2.23 bits per heavy atom. The molecular formula is C26H21F5N4NaO3S. The molecule has 14 heteroatoms. The first-order valence-corrected chi connectivity index (χ1v) is 12.9. The first-order chi connectivity index (χ1) is 18.4. The van der Waals surface area contributed by atoms with Crippen LogP contribution in [-0.2, 0) is 22.6 Å². The van der Waals surface area contributed by atoms with Crippen LogP contribution in [0.4, 0.5) is 26.7 Å². The fraction of sp³-hybridized carbons (Fsp3) is 0.154. The number of halogens is 5. The minimum absolute atomic E-state index is 0. The largest absolute Gasteiger partial charge is 0.435 e. The van der Waals surface area contributed by atoms with Gasteiger partial charge in [-0.1, -0.05) is 42.5 Å². The summed E-state index contributed by atoms with van der Waals surface area (Å²) in [6.07, 6.45) is -4.41. The van der Waals surface area contributed by atoms with Crippen molar-refractivity contribution in [1.82, 2.24) is 19.8 Å². The Morgan fingerprint density at radius 1 is 0.975 bits per heavy atom. The Hall–Kier alpha value is -3.26. The molecule has 0 aliphatic heterocycles. The van der Waals surface area contributed by atoms with E-state index in [1.165, 1.54) is 4.68 Å². The van der Waals surface area contributed by atoms with Crippen molar-refractivity contribution in [2.75, 3.05) is 6.54 Å². The van der Waals surface area contributed by atoms with Gasteiger partial charge in [0.2, 0.25) is 0 Å². The second kappa shape index (κ2) is 12.5. The number of alkyl halides is 3. The number of nitrogens with zero attached hydrogens (tertiary/aromatic N) is 2. The summed E-state index contributed by atoms with van der Waals surface area (Å²) in [5.74, 6) is -2.32. The molecule has 7 nitrogen and oxygen atoms in total. The molecule has 0 aliphatic rings. The van der Waals surface area contributed by atoms with Crippen molar-refractivity contribution in [3.8, 4) is 16.8 Å². The molecule has 4 aromatic rings. The molecule has 0 spiro atoms. The van der Waals surface area contributed by atoms with Gasteiger partial charge < -0.3 is 5.32 Å². The van der Waals surface area contributed by atoms with Crippen molar-refractivity contribution in [2.45, 2.75) is 24.4 Å². The van der Waals surface area contributed by atoms with Crippen LogP contribution >= 0.6 is 0 Å². The van der Waals surface area contributed by atoms with E-state index in [4.69, 9.17) is 0 Å². The summed E-state index contributed by atoms with van der Waals surface area (Å²) in [4.78, 5) is 11.1. The van der Waals surface area contributed by atoms with Crippen molar-refractivity contribution < 1.29 is 35.2 Å². The maximum Gasteiger partial charge on any atom is 0.435 e. The van der Waals surface area contributed by atoms with E-state index < -0.39 is 44.5 Å². The van der Waals surface area contributed by atoms with Crippen LogP contribution in [0, 0.1) is 18.6 Å². The predicted octanol–water partition coefficient (Wildman–Crippen LogP) is 4.99. The van der Waals surface area contributed by atoms with E-state index >= 15 is 0 Å². The Bertz CT molecular complexity index is 1610. The van der Waals surface area contributed by atoms with Crippen LogP contribution in [0.5, 0.6) is 0 Å². The third-order valence-electron chi connectivity index (χ3n) is 5.74. The fourth-order valence-electron chi connectivity index (χ4n) is 3.93. The van der Waals surface area contributed by atoms with Gasteiger partial charge in [-0.25, -0.2) is 31.4 Å². The average Bonchev–Trinajstić information content (AvgIpc) is 3.22. The minimum atomic E-state index is -4.66. The number of nitrogens with one attached hydrogen (secondary N) is 2. The zero-order chi connectivity index (χ0) is 28.4. The molecule has 2 amide bonds. The first-order valence-electron chi connectivity index (χ1n) is 11.4. The van der Waals surface area contributed by atoms with E-state index in [1.54, 1.807) is 66.2 Å². The van der Waals surface area contributed by atoms with Gasteiger partial charge in [0, 0.05) is 53.4 Å². The summed E-state index contributed by atoms with van der Waals surface area (Å²) in [5, 5.41) is 6.16. The van der Waals surface area contributed by atoms with Gasteiger partial charge in [0.05, 0.1) is 5.69 Å². The molecular weight excluding hydrogens is 566 g/mol. The molecule has 0 aliphatic carbocycles. The van der Waals surface area contributed by atoms with Crippen LogP contribution in [0.1, 0.15) is 17.0 Å². The molecule has 3 aromatic carbocycles. The van der Waals surface area contributed by atoms with Crippen molar-refractivity contribution in [3.63, 3.8) is 0 Å².